The molecule has 0 bridgehead atoms. The summed E-state index contributed by atoms with van der Waals surface area (Å²) in [6, 6.07) is 2.04. The molecule has 0 amide bonds. The van der Waals surface area contributed by atoms with E-state index >= 15 is 0 Å². The lowest BCUT2D eigenvalue weighted by Crippen LogP contribution is -2.48. The summed E-state index contributed by atoms with van der Waals surface area (Å²) in [6.45, 7) is 6.38. The van der Waals surface area contributed by atoms with Gasteiger partial charge in [-0.15, -0.1) is 11.3 Å². The van der Waals surface area contributed by atoms with Crippen molar-refractivity contribution in [2.45, 2.75) is 45.7 Å². The number of rotatable bonds is 6. The summed E-state index contributed by atoms with van der Waals surface area (Å²) in [5.41, 5.74) is -0.834. The van der Waals surface area contributed by atoms with Gasteiger partial charge in [0.15, 0.2) is 0 Å². The molecule has 0 spiro atoms. The molecule has 0 aliphatic heterocycles. The molecule has 0 saturated heterocycles. The van der Waals surface area contributed by atoms with E-state index in [2.05, 4.69) is 21.2 Å². The molecule has 1 atom stereocenters. The second-order valence-corrected chi connectivity index (χ2v) is 6.55. The van der Waals surface area contributed by atoms with Gasteiger partial charge in [0.1, 0.15) is 5.54 Å². The van der Waals surface area contributed by atoms with E-state index in [-0.39, 0.29) is 0 Å². The van der Waals surface area contributed by atoms with Crippen molar-refractivity contribution in [1.82, 2.24) is 5.32 Å². The third-order valence-corrected chi connectivity index (χ3v) is 4.92. The first-order valence-corrected chi connectivity index (χ1v) is 7.23. The molecule has 1 aromatic heterocycles. The van der Waals surface area contributed by atoms with E-state index < -0.39 is 11.5 Å². The highest BCUT2D eigenvalue weighted by molar-refractivity contribution is 9.10. The molecule has 5 heteroatoms. The van der Waals surface area contributed by atoms with E-state index in [4.69, 9.17) is 0 Å². The monoisotopic (exact) mass is 319 g/mol. The van der Waals surface area contributed by atoms with E-state index in [1.165, 1.54) is 4.88 Å². The second-order valence-electron chi connectivity index (χ2n) is 4.36. The van der Waals surface area contributed by atoms with Crippen molar-refractivity contribution < 1.29 is 9.90 Å². The van der Waals surface area contributed by atoms with Crippen LogP contribution < -0.4 is 5.32 Å². The predicted molar refractivity (Wildman–Crippen MR) is 74.5 cm³/mol. The van der Waals surface area contributed by atoms with Gasteiger partial charge in [-0.3, -0.25) is 10.1 Å². The average Bonchev–Trinajstić information content (AvgIpc) is 2.56. The maximum absolute atomic E-state index is 11.2. The summed E-state index contributed by atoms with van der Waals surface area (Å²) in [4.78, 5) is 13.6. The summed E-state index contributed by atoms with van der Waals surface area (Å²) in [6.07, 6.45) is 1.48. The molecule has 1 aromatic rings. The summed E-state index contributed by atoms with van der Waals surface area (Å²) >= 11 is 5.15. The topological polar surface area (TPSA) is 49.3 Å². The molecule has 1 unspecified atom stereocenters. The van der Waals surface area contributed by atoms with Crippen molar-refractivity contribution >= 4 is 33.2 Å². The first-order valence-electron chi connectivity index (χ1n) is 5.62. The molecule has 17 heavy (non-hydrogen) atoms. The molecule has 2 N–H and O–H groups in total. The molecule has 0 aliphatic carbocycles. The van der Waals surface area contributed by atoms with Crippen LogP contribution in [0.5, 0.6) is 0 Å². The number of hydrogen-bond donors (Lipinski definition) is 2. The third-order valence-electron chi connectivity index (χ3n) is 2.78. The average molecular weight is 320 g/mol. The van der Waals surface area contributed by atoms with Crippen LogP contribution >= 0.6 is 27.3 Å². The van der Waals surface area contributed by atoms with Crippen LogP contribution in [0.2, 0.25) is 0 Å². The molecule has 0 aromatic carbocycles. The smallest absolute Gasteiger partial charge is 0.323 e. The Labute approximate surface area is 114 Å². The summed E-state index contributed by atoms with van der Waals surface area (Å²) < 4.78 is 1.09. The molecular weight excluding hydrogens is 302 g/mol. The highest BCUT2D eigenvalue weighted by Crippen LogP contribution is 2.26. The molecule has 96 valence electrons. The van der Waals surface area contributed by atoms with Gasteiger partial charge in [-0.05, 0) is 42.3 Å². The maximum atomic E-state index is 11.2. The fraction of sp³-hybridized carbons (Fsp3) is 0.583. The minimum absolute atomic E-state index is 0.597. The Balaban J connectivity index is 2.67. The lowest BCUT2D eigenvalue weighted by atomic mass is 9.96. The largest absolute Gasteiger partial charge is 0.480 e. The fourth-order valence-electron chi connectivity index (χ4n) is 1.66. The van der Waals surface area contributed by atoms with Crippen LogP contribution in [0.1, 0.15) is 36.4 Å². The lowest BCUT2D eigenvalue weighted by molar-refractivity contribution is -0.144. The summed E-state index contributed by atoms with van der Waals surface area (Å²) in [5, 5.41) is 12.4. The quantitative estimate of drug-likeness (QED) is 0.843. The van der Waals surface area contributed by atoms with E-state index in [1.54, 1.807) is 18.3 Å². The molecule has 1 rings (SSSR count). The van der Waals surface area contributed by atoms with Crippen molar-refractivity contribution in [1.29, 1.82) is 0 Å². The Bertz CT molecular complexity index is 386. The van der Waals surface area contributed by atoms with Crippen LogP contribution in [0.25, 0.3) is 0 Å². The molecule has 3 nitrogen and oxygen atoms in total. The minimum Gasteiger partial charge on any atom is -0.480 e. The molecular formula is C12H18BrNO2S. The van der Waals surface area contributed by atoms with Gasteiger partial charge in [-0.1, -0.05) is 13.3 Å². The van der Waals surface area contributed by atoms with Crippen molar-refractivity contribution in [3.8, 4) is 0 Å². The van der Waals surface area contributed by atoms with Gasteiger partial charge >= 0.3 is 5.97 Å². The Morgan fingerprint density at radius 1 is 1.65 bits per heavy atom. The van der Waals surface area contributed by atoms with Gasteiger partial charge < -0.3 is 5.11 Å². The molecule has 0 saturated carbocycles. The van der Waals surface area contributed by atoms with Gasteiger partial charge in [-0.2, -0.15) is 0 Å². The first kappa shape index (κ1) is 14.7. The zero-order chi connectivity index (χ0) is 13.1. The number of thiophene rings is 1. The van der Waals surface area contributed by atoms with Crippen molar-refractivity contribution in [3.05, 3.63) is 20.3 Å². The number of aryl methyl sites for hydroxylation is 1. The lowest BCUT2D eigenvalue weighted by Gasteiger charge is -2.25. The van der Waals surface area contributed by atoms with Gasteiger partial charge in [0.25, 0.3) is 0 Å². The molecule has 0 aliphatic rings. The zero-order valence-corrected chi connectivity index (χ0v) is 12.7. The number of nitrogens with one attached hydrogen (secondary N) is 1. The van der Waals surface area contributed by atoms with E-state index in [0.717, 1.165) is 15.8 Å². The highest BCUT2D eigenvalue weighted by atomic mass is 79.9. The second kappa shape index (κ2) is 5.98. The standard InChI is InChI=1S/C12H18BrNO2S/c1-4-5-12(3,11(15)16)14-7-9-6-10(13)8(2)17-9/h6,14H,4-5,7H2,1-3H3,(H,15,16). The number of aliphatic carboxylic acids is 1. The van der Waals surface area contributed by atoms with Crippen molar-refractivity contribution in [2.24, 2.45) is 0 Å². The summed E-state index contributed by atoms with van der Waals surface area (Å²) in [5.74, 6) is -0.785. The number of carbonyl (C=O) groups is 1. The van der Waals surface area contributed by atoms with Crippen LogP contribution in [0.3, 0.4) is 0 Å². The number of carboxylic acids is 1. The fourth-order valence-corrected chi connectivity index (χ4v) is 3.20. The number of hydrogen-bond acceptors (Lipinski definition) is 3. The van der Waals surface area contributed by atoms with Gasteiger partial charge in [0, 0.05) is 20.8 Å². The van der Waals surface area contributed by atoms with Crippen LogP contribution in [0.15, 0.2) is 10.5 Å². The van der Waals surface area contributed by atoms with Gasteiger partial charge in [-0.25, -0.2) is 0 Å². The van der Waals surface area contributed by atoms with Crippen molar-refractivity contribution in [3.63, 3.8) is 0 Å². The van der Waals surface area contributed by atoms with Crippen molar-refractivity contribution in [2.75, 3.05) is 0 Å². The van der Waals surface area contributed by atoms with Gasteiger partial charge in [0.05, 0.1) is 0 Å². The first-order chi connectivity index (χ1) is 7.89. The van der Waals surface area contributed by atoms with E-state index in [0.29, 0.717) is 13.0 Å². The zero-order valence-electron chi connectivity index (χ0n) is 10.3. The van der Waals surface area contributed by atoms with Crippen LogP contribution in [0, 0.1) is 6.92 Å². The van der Waals surface area contributed by atoms with Crippen LogP contribution in [0.4, 0.5) is 0 Å². The predicted octanol–water partition coefficient (Wildman–Crippen LogP) is 3.55. The Kier molecular flexibility index (Phi) is 5.16. The normalized spacial score (nSPS) is 14.6. The summed E-state index contributed by atoms with van der Waals surface area (Å²) in [7, 11) is 0. The van der Waals surface area contributed by atoms with E-state index in [1.807, 2.05) is 19.9 Å². The Morgan fingerprint density at radius 3 is 2.71 bits per heavy atom. The number of carboxylic acid groups (broad SMARTS) is 1. The highest BCUT2D eigenvalue weighted by Gasteiger charge is 2.31. The number of halogens is 1. The van der Waals surface area contributed by atoms with E-state index in [9.17, 15) is 9.90 Å². The molecule has 1 heterocycles. The van der Waals surface area contributed by atoms with Crippen LogP contribution in [-0.4, -0.2) is 16.6 Å². The van der Waals surface area contributed by atoms with Gasteiger partial charge in [0.2, 0.25) is 0 Å². The molecule has 0 radical (unpaired) electrons. The third kappa shape index (κ3) is 3.79. The SMILES string of the molecule is CCCC(C)(NCc1cc(Br)c(C)s1)C(=O)O. The molecule has 0 fully saturated rings. The van der Waals surface area contributed by atoms with Crippen LogP contribution in [-0.2, 0) is 11.3 Å². The Hall–Kier alpha value is -0.390. The minimum atomic E-state index is -0.834. The maximum Gasteiger partial charge on any atom is 0.323 e. The Morgan fingerprint density at radius 2 is 2.29 bits per heavy atom.